The van der Waals surface area contributed by atoms with Crippen LogP contribution in [0.15, 0.2) is 0 Å². The second kappa shape index (κ2) is 8.51. The minimum Gasteiger partial charge on any atom is -0.394 e. The van der Waals surface area contributed by atoms with Crippen LogP contribution in [0.2, 0.25) is 0 Å². The fraction of sp³-hybridized carbons (Fsp3) is 0.929. The molecule has 0 aromatic rings. The van der Waals surface area contributed by atoms with Gasteiger partial charge in [0.05, 0.1) is 24.9 Å². The van der Waals surface area contributed by atoms with E-state index in [1.807, 2.05) is 13.8 Å². The van der Waals surface area contributed by atoms with E-state index in [4.69, 9.17) is 10.5 Å². The van der Waals surface area contributed by atoms with E-state index in [0.717, 1.165) is 25.7 Å². The van der Waals surface area contributed by atoms with Crippen molar-refractivity contribution in [1.29, 1.82) is 0 Å². The number of ether oxygens (including phenoxy) is 1. The van der Waals surface area contributed by atoms with Crippen LogP contribution in [0, 0.1) is 0 Å². The number of rotatable bonds is 8. The van der Waals surface area contributed by atoms with Crippen molar-refractivity contribution >= 4 is 5.91 Å². The van der Waals surface area contributed by atoms with Gasteiger partial charge in [-0.05, 0) is 39.7 Å². The standard InChI is InChI=1S/C14H28N2O3/c1-11(2)19-13-8-12(10-17)16(9-13)14(18)6-4-3-5-7-15/h11-13,17H,3-10,15H2,1-2H3/t12-,13+/m0/s1. The summed E-state index contributed by atoms with van der Waals surface area (Å²) in [4.78, 5) is 13.9. The summed E-state index contributed by atoms with van der Waals surface area (Å²) in [6.45, 7) is 5.30. The molecule has 19 heavy (non-hydrogen) atoms. The van der Waals surface area contributed by atoms with Crippen molar-refractivity contribution < 1.29 is 14.6 Å². The van der Waals surface area contributed by atoms with Crippen LogP contribution in [0.25, 0.3) is 0 Å². The van der Waals surface area contributed by atoms with Crippen molar-refractivity contribution in [3.8, 4) is 0 Å². The molecule has 1 aliphatic heterocycles. The van der Waals surface area contributed by atoms with Crippen molar-refractivity contribution in [3.63, 3.8) is 0 Å². The summed E-state index contributed by atoms with van der Waals surface area (Å²) in [6, 6.07) is -0.0780. The number of aliphatic hydroxyl groups excluding tert-OH is 1. The third kappa shape index (κ3) is 5.47. The van der Waals surface area contributed by atoms with Crippen molar-refractivity contribution in [2.75, 3.05) is 19.7 Å². The average molecular weight is 272 g/mol. The molecule has 0 unspecified atom stereocenters. The smallest absolute Gasteiger partial charge is 0.222 e. The normalized spacial score (nSPS) is 23.3. The lowest BCUT2D eigenvalue weighted by molar-refractivity contribution is -0.133. The second-order valence-electron chi connectivity index (χ2n) is 5.52. The maximum Gasteiger partial charge on any atom is 0.222 e. The van der Waals surface area contributed by atoms with Crippen LogP contribution in [0.5, 0.6) is 0 Å². The molecule has 0 saturated carbocycles. The Hall–Kier alpha value is -0.650. The Morgan fingerprint density at radius 2 is 2.16 bits per heavy atom. The van der Waals surface area contributed by atoms with Gasteiger partial charge in [0.25, 0.3) is 0 Å². The van der Waals surface area contributed by atoms with Gasteiger partial charge in [-0.25, -0.2) is 0 Å². The van der Waals surface area contributed by atoms with Gasteiger partial charge in [-0.2, -0.15) is 0 Å². The first kappa shape index (κ1) is 16.4. The zero-order valence-corrected chi connectivity index (χ0v) is 12.2. The number of nitrogens with zero attached hydrogens (tertiary/aromatic N) is 1. The Labute approximate surface area is 116 Å². The van der Waals surface area contributed by atoms with Crippen molar-refractivity contribution in [2.45, 2.75) is 64.2 Å². The Balaban J connectivity index is 2.39. The predicted molar refractivity (Wildman–Crippen MR) is 74.7 cm³/mol. The number of amides is 1. The van der Waals surface area contributed by atoms with Crippen LogP contribution < -0.4 is 5.73 Å². The molecule has 0 aliphatic carbocycles. The van der Waals surface area contributed by atoms with Gasteiger partial charge in [0.1, 0.15) is 0 Å². The van der Waals surface area contributed by atoms with Gasteiger partial charge >= 0.3 is 0 Å². The number of hydrogen-bond acceptors (Lipinski definition) is 4. The largest absolute Gasteiger partial charge is 0.394 e. The van der Waals surface area contributed by atoms with E-state index in [9.17, 15) is 9.90 Å². The number of carbonyl (C=O) groups is 1. The number of aliphatic hydroxyl groups is 1. The molecule has 2 atom stereocenters. The Bertz CT molecular complexity index is 271. The third-order valence-corrected chi connectivity index (χ3v) is 3.47. The zero-order chi connectivity index (χ0) is 14.3. The first-order chi connectivity index (χ1) is 9.08. The van der Waals surface area contributed by atoms with Gasteiger partial charge < -0.3 is 20.5 Å². The summed E-state index contributed by atoms with van der Waals surface area (Å²) in [5.41, 5.74) is 5.43. The van der Waals surface area contributed by atoms with Gasteiger partial charge in [0.15, 0.2) is 0 Å². The van der Waals surface area contributed by atoms with Crippen molar-refractivity contribution in [3.05, 3.63) is 0 Å². The summed E-state index contributed by atoms with van der Waals surface area (Å²) in [7, 11) is 0. The fourth-order valence-electron chi connectivity index (χ4n) is 2.58. The quantitative estimate of drug-likeness (QED) is 0.644. The lowest BCUT2D eigenvalue weighted by Crippen LogP contribution is -2.38. The molecule has 1 heterocycles. The van der Waals surface area contributed by atoms with E-state index in [2.05, 4.69) is 0 Å². The molecule has 0 spiro atoms. The lowest BCUT2D eigenvalue weighted by atomic mass is 10.1. The van der Waals surface area contributed by atoms with Crippen LogP contribution in [0.1, 0.15) is 46.0 Å². The second-order valence-corrected chi connectivity index (χ2v) is 5.52. The molecule has 3 N–H and O–H groups in total. The fourth-order valence-corrected chi connectivity index (χ4v) is 2.58. The highest BCUT2D eigenvalue weighted by Gasteiger charge is 2.35. The van der Waals surface area contributed by atoms with E-state index in [1.54, 1.807) is 4.90 Å². The summed E-state index contributed by atoms with van der Waals surface area (Å²) in [5.74, 6) is 0.130. The predicted octanol–water partition coefficient (Wildman–Crippen LogP) is 0.892. The van der Waals surface area contributed by atoms with Crippen LogP contribution in [0.3, 0.4) is 0 Å². The number of unbranched alkanes of at least 4 members (excludes halogenated alkanes) is 2. The Morgan fingerprint density at radius 3 is 2.74 bits per heavy atom. The lowest BCUT2D eigenvalue weighted by Gasteiger charge is -2.22. The highest BCUT2D eigenvalue weighted by molar-refractivity contribution is 5.76. The summed E-state index contributed by atoms with van der Waals surface area (Å²) < 4.78 is 5.75. The first-order valence-corrected chi connectivity index (χ1v) is 7.34. The summed E-state index contributed by atoms with van der Waals surface area (Å²) in [6.07, 6.45) is 4.34. The minimum atomic E-state index is -0.0780. The van der Waals surface area contributed by atoms with Gasteiger partial charge in [-0.15, -0.1) is 0 Å². The Morgan fingerprint density at radius 1 is 1.42 bits per heavy atom. The third-order valence-electron chi connectivity index (χ3n) is 3.47. The molecule has 5 heteroatoms. The number of likely N-dealkylation sites (tertiary alicyclic amines) is 1. The topological polar surface area (TPSA) is 75.8 Å². The highest BCUT2D eigenvalue weighted by atomic mass is 16.5. The van der Waals surface area contributed by atoms with E-state index in [1.165, 1.54) is 0 Å². The summed E-state index contributed by atoms with van der Waals surface area (Å²) >= 11 is 0. The first-order valence-electron chi connectivity index (χ1n) is 7.34. The number of carbonyl (C=O) groups excluding carboxylic acids is 1. The molecule has 1 rings (SSSR count). The van der Waals surface area contributed by atoms with Crippen molar-refractivity contribution in [2.24, 2.45) is 5.73 Å². The van der Waals surface area contributed by atoms with Gasteiger partial charge in [0, 0.05) is 13.0 Å². The van der Waals surface area contributed by atoms with Crippen LogP contribution in [-0.2, 0) is 9.53 Å². The zero-order valence-electron chi connectivity index (χ0n) is 12.2. The molecule has 0 aromatic carbocycles. The van der Waals surface area contributed by atoms with E-state index in [0.29, 0.717) is 19.5 Å². The molecular formula is C14H28N2O3. The number of hydrogen-bond donors (Lipinski definition) is 2. The van der Waals surface area contributed by atoms with Crippen LogP contribution >= 0.6 is 0 Å². The average Bonchev–Trinajstić information content (AvgIpc) is 2.76. The van der Waals surface area contributed by atoms with Gasteiger partial charge in [-0.3, -0.25) is 4.79 Å². The molecule has 1 saturated heterocycles. The molecule has 0 radical (unpaired) electrons. The minimum absolute atomic E-state index is 0.0203. The highest BCUT2D eigenvalue weighted by Crippen LogP contribution is 2.22. The molecular weight excluding hydrogens is 244 g/mol. The molecule has 5 nitrogen and oxygen atoms in total. The van der Waals surface area contributed by atoms with Gasteiger partial charge in [0.2, 0.25) is 5.91 Å². The molecule has 0 aromatic heterocycles. The number of nitrogens with two attached hydrogens (primary N) is 1. The molecule has 0 bridgehead atoms. The van der Waals surface area contributed by atoms with Crippen LogP contribution in [-0.4, -0.2) is 53.9 Å². The van der Waals surface area contributed by atoms with Crippen LogP contribution in [0.4, 0.5) is 0 Å². The van der Waals surface area contributed by atoms with E-state index in [-0.39, 0.29) is 30.8 Å². The maximum atomic E-state index is 12.1. The SMILES string of the molecule is CC(C)O[C@@H]1C[C@@H](CO)N(C(=O)CCCCCN)C1. The van der Waals surface area contributed by atoms with E-state index < -0.39 is 0 Å². The molecule has 112 valence electrons. The molecule has 1 amide bonds. The van der Waals surface area contributed by atoms with Gasteiger partial charge in [-0.1, -0.05) is 6.42 Å². The van der Waals surface area contributed by atoms with Crippen molar-refractivity contribution in [1.82, 2.24) is 4.90 Å². The maximum absolute atomic E-state index is 12.1. The summed E-state index contributed by atoms with van der Waals surface area (Å²) in [5, 5.41) is 9.38. The Kier molecular flexibility index (Phi) is 7.34. The monoisotopic (exact) mass is 272 g/mol. The van der Waals surface area contributed by atoms with E-state index >= 15 is 0 Å². The molecule has 1 fully saturated rings. The molecule has 1 aliphatic rings.